The number of Topliss-reactive ketones (excluding diaryl/α,β-unsaturated/α-hetero) is 1. The van der Waals surface area contributed by atoms with Gasteiger partial charge in [0.25, 0.3) is 5.69 Å². The lowest BCUT2D eigenvalue weighted by molar-refractivity contribution is -0.384. The Balaban J connectivity index is 1.87. The highest BCUT2D eigenvalue weighted by atomic mass is 16.6. The van der Waals surface area contributed by atoms with Gasteiger partial charge in [-0.05, 0) is 55.0 Å². The molecule has 1 unspecified atom stereocenters. The van der Waals surface area contributed by atoms with Gasteiger partial charge in [0.1, 0.15) is 5.75 Å². The Morgan fingerprint density at radius 2 is 1.64 bits per heavy atom. The molecule has 1 N–H and O–H groups in total. The van der Waals surface area contributed by atoms with Crippen LogP contribution in [0.5, 0.6) is 17.2 Å². The summed E-state index contributed by atoms with van der Waals surface area (Å²) in [6.07, 6.45) is 0.153. The Labute approximate surface area is 192 Å². The molecule has 0 fully saturated rings. The van der Waals surface area contributed by atoms with Crippen molar-refractivity contribution < 1.29 is 23.9 Å². The van der Waals surface area contributed by atoms with Crippen molar-refractivity contribution in [1.82, 2.24) is 0 Å². The van der Waals surface area contributed by atoms with Crippen molar-refractivity contribution in [1.29, 1.82) is 0 Å². The fourth-order valence-corrected chi connectivity index (χ4v) is 3.41. The summed E-state index contributed by atoms with van der Waals surface area (Å²) in [6.45, 7) is 2.47. The SMILES string of the molecule is CCOc1ccc(C(CC(=O)c2ccc(OC)c(OC)c2)Nc2ccc([N+](=O)[O-])cc2)cc1. The highest BCUT2D eigenvalue weighted by Gasteiger charge is 2.19. The van der Waals surface area contributed by atoms with Crippen LogP contribution < -0.4 is 19.5 Å². The first kappa shape index (κ1) is 23.6. The van der Waals surface area contributed by atoms with Crippen LogP contribution >= 0.6 is 0 Å². The number of nitro benzene ring substituents is 1. The molecule has 0 aromatic heterocycles. The van der Waals surface area contributed by atoms with Crippen LogP contribution in [0.1, 0.15) is 35.3 Å². The predicted molar refractivity (Wildman–Crippen MR) is 126 cm³/mol. The first-order chi connectivity index (χ1) is 15.9. The summed E-state index contributed by atoms with van der Waals surface area (Å²) in [4.78, 5) is 23.6. The van der Waals surface area contributed by atoms with Crippen LogP contribution in [0, 0.1) is 10.1 Å². The number of rotatable bonds is 11. The summed E-state index contributed by atoms with van der Waals surface area (Å²) < 4.78 is 16.1. The quantitative estimate of drug-likeness (QED) is 0.236. The summed E-state index contributed by atoms with van der Waals surface area (Å²) in [5.41, 5.74) is 2.04. The number of ketones is 1. The highest BCUT2D eigenvalue weighted by molar-refractivity contribution is 5.97. The molecule has 3 aromatic carbocycles. The molecule has 0 heterocycles. The van der Waals surface area contributed by atoms with E-state index in [-0.39, 0.29) is 23.9 Å². The summed E-state index contributed by atoms with van der Waals surface area (Å²) >= 11 is 0. The molecule has 33 heavy (non-hydrogen) atoms. The first-order valence-electron chi connectivity index (χ1n) is 10.4. The van der Waals surface area contributed by atoms with Gasteiger partial charge in [0, 0.05) is 29.8 Å². The van der Waals surface area contributed by atoms with E-state index in [0.29, 0.717) is 29.4 Å². The van der Waals surface area contributed by atoms with Crippen LogP contribution in [-0.2, 0) is 0 Å². The van der Waals surface area contributed by atoms with Crippen molar-refractivity contribution in [2.45, 2.75) is 19.4 Å². The summed E-state index contributed by atoms with van der Waals surface area (Å²) in [6, 6.07) is 18.3. The van der Waals surface area contributed by atoms with Gasteiger partial charge in [-0.25, -0.2) is 0 Å². The number of nitrogens with zero attached hydrogens (tertiary/aromatic N) is 1. The van der Waals surface area contributed by atoms with Crippen LogP contribution in [0.2, 0.25) is 0 Å². The van der Waals surface area contributed by atoms with Gasteiger partial charge in [-0.2, -0.15) is 0 Å². The van der Waals surface area contributed by atoms with E-state index in [2.05, 4.69) is 5.32 Å². The predicted octanol–water partition coefficient (Wildman–Crippen LogP) is 5.44. The molecule has 0 saturated carbocycles. The molecule has 0 aliphatic heterocycles. The van der Waals surface area contributed by atoms with E-state index >= 15 is 0 Å². The van der Waals surface area contributed by atoms with Crippen LogP contribution in [0.15, 0.2) is 66.7 Å². The number of hydrogen-bond donors (Lipinski definition) is 1. The fourth-order valence-electron chi connectivity index (χ4n) is 3.41. The van der Waals surface area contributed by atoms with E-state index < -0.39 is 4.92 Å². The maximum Gasteiger partial charge on any atom is 0.269 e. The molecule has 0 aliphatic rings. The molecule has 0 bridgehead atoms. The summed E-state index contributed by atoms with van der Waals surface area (Å²) in [5, 5.41) is 14.3. The van der Waals surface area contributed by atoms with Crippen LogP contribution in [0.3, 0.4) is 0 Å². The van der Waals surface area contributed by atoms with E-state index in [1.54, 1.807) is 30.3 Å². The van der Waals surface area contributed by atoms with Crippen molar-refractivity contribution >= 4 is 17.2 Å². The smallest absolute Gasteiger partial charge is 0.269 e. The zero-order valence-electron chi connectivity index (χ0n) is 18.7. The molecule has 3 aromatic rings. The maximum absolute atomic E-state index is 13.1. The number of nitro groups is 1. The van der Waals surface area contributed by atoms with Gasteiger partial charge in [0.05, 0.1) is 31.8 Å². The third-order valence-corrected chi connectivity index (χ3v) is 5.11. The Bertz CT molecular complexity index is 1100. The number of anilines is 1. The molecule has 172 valence electrons. The Kier molecular flexibility index (Phi) is 7.86. The minimum atomic E-state index is -0.450. The largest absolute Gasteiger partial charge is 0.494 e. The van der Waals surface area contributed by atoms with Gasteiger partial charge in [0.2, 0.25) is 0 Å². The van der Waals surface area contributed by atoms with Crippen LogP contribution in [0.25, 0.3) is 0 Å². The number of hydrogen-bond acceptors (Lipinski definition) is 7. The van der Waals surface area contributed by atoms with Crippen molar-refractivity contribution in [3.05, 3.63) is 88.0 Å². The first-order valence-corrected chi connectivity index (χ1v) is 10.4. The van der Waals surface area contributed by atoms with Crippen molar-refractivity contribution in [2.75, 3.05) is 26.1 Å². The Morgan fingerprint density at radius 3 is 2.21 bits per heavy atom. The molecule has 1 atom stereocenters. The fraction of sp³-hybridized carbons (Fsp3) is 0.240. The third kappa shape index (κ3) is 6.00. The molecular weight excluding hydrogens is 424 g/mol. The molecule has 0 amide bonds. The molecule has 8 nitrogen and oxygen atoms in total. The topological polar surface area (TPSA) is 99.9 Å². The third-order valence-electron chi connectivity index (χ3n) is 5.11. The number of benzene rings is 3. The Hall–Kier alpha value is -4.07. The zero-order valence-corrected chi connectivity index (χ0v) is 18.7. The van der Waals surface area contributed by atoms with E-state index in [9.17, 15) is 14.9 Å². The molecule has 3 rings (SSSR count). The Morgan fingerprint density at radius 1 is 0.970 bits per heavy atom. The number of ether oxygens (including phenoxy) is 3. The van der Waals surface area contributed by atoms with Gasteiger partial charge in [-0.3, -0.25) is 14.9 Å². The van der Waals surface area contributed by atoms with Crippen LogP contribution in [-0.4, -0.2) is 31.5 Å². The number of carbonyl (C=O) groups excluding carboxylic acids is 1. The van der Waals surface area contributed by atoms with Gasteiger partial charge < -0.3 is 19.5 Å². The second-order valence-electron chi connectivity index (χ2n) is 7.20. The standard InChI is InChI=1S/C25H26N2O6/c1-4-33-21-12-5-17(6-13-21)22(26-19-8-10-20(11-9-19)27(29)30)16-23(28)18-7-14-24(31-2)25(15-18)32-3/h5-15,22,26H,4,16H2,1-3H3. The van der Waals surface area contributed by atoms with Crippen LogP contribution in [0.4, 0.5) is 11.4 Å². The highest BCUT2D eigenvalue weighted by Crippen LogP contribution is 2.31. The number of nitrogens with one attached hydrogen (secondary N) is 1. The average molecular weight is 450 g/mol. The van der Waals surface area contributed by atoms with Gasteiger partial charge in [-0.15, -0.1) is 0 Å². The van der Waals surface area contributed by atoms with Crippen molar-refractivity contribution in [3.8, 4) is 17.2 Å². The molecule has 0 spiro atoms. The summed E-state index contributed by atoms with van der Waals surface area (Å²) in [5.74, 6) is 1.66. The van der Waals surface area contributed by atoms with E-state index in [4.69, 9.17) is 14.2 Å². The lowest BCUT2D eigenvalue weighted by Crippen LogP contribution is -2.16. The van der Waals surface area contributed by atoms with Gasteiger partial charge in [0.15, 0.2) is 17.3 Å². The number of carbonyl (C=O) groups is 1. The monoisotopic (exact) mass is 450 g/mol. The van der Waals surface area contributed by atoms with Gasteiger partial charge >= 0.3 is 0 Å². The normalized spacial score (nSPS) is 11.4. The number of methoxy groups -OCH3 is 2. The maximum atomic E-state index is 13.1. The average Bonchev–Trinajstić information content (AvgIpc) is 2.84. The molecular formula is C25H26N2O6. The van der Waals surface area contributed by atoms with Crippen molar-refractivity contribution in [3.63, 3.8) is 0 Å². The van der Waals surface area contributed by atoms with E-state index in [1.807, 2.05) is 31.2 Å². The minimum Gasteiger partial charge on any atom is -0.494 e. The molecule has 0 radical (unpaired) electrons. The summed E-state index contributed by atoms with van der Waals surface area (Å²) in [7, 11) is 3.06. The van der Waals surface area contributed by atoms with Gasteiger partial charge in [-0.1, -0.05) is 12.1 Å². The second kappa shape index (κ2) is 11.0. The lowest BCUT2D eigenvalue weighted by atomic mass is 9.97. The van der Waals surface area contributed by atoms with E-state index in [1.165, 1.54) is 26.4 Å². The molecule has 0 saturated heterocycles. The lowest BCUT2D eigenvalue weighted by Gasteiger charge is -2.21. The van der Waals surface area contributed by atoms with E-state index in [0.717, 1.165) is 11.3 Å². The molecule has 0 aliphatic carbocycles. The molecule has 8 heteroatoms. The second-order valence-corrected chi connectivity index (χ2v) is 7.20. The zero-order chi connectivity index (χ0) is 23.8. The minimum absolute atomic E-state index is 0.000397. The number of non-ortho nitro benzene ring substituents is 1. The van der Waals surface area contributed by atoms with Crippen molar-refractivity contribution in [2.24, 2.45) is 0 Å².